The van der Waals surface area contributed by atoms with E-state index in [0.29, 0.717) is 25.5 Å². The Morgan fingerprint density at radius 1 is 1.19 bits per heavy atom. The summed E-state index contributed by atoms with van der Waals surface area (Å²) >= 11 is 0. The summed E-state index contributed by atoms with van der Waals surface area (Å²) in [5.74, 6) is -2.84. The van der Waals surface area contributed by atoms with E-state index in [4.69, 9.17) is 19.4 Å². The number of carboxylic acids is 1. The molecule has 1 aliphatic heterocycles. The first-order chi connectivity index (χ1) is 15.3. The van der Waals surface area contributed by atoms with Gasteiger partial charge < -0.3 is 19.5 Å². The van der Waals surface area contributed by atoms with Gasteiger partial charge in [-0.15, -0.1) is 0 Å². The molecule has 1 aliphatic carbocycles. The number of carbonyl (C=O) groups is 2. The lowest BCUT2D eigenvalue weighted by Gasteiger charge is -2.38. The van der Waals surface area contributed by atoms with Crippen LogP contribution >= 0.6 is 0 Å². The first kappa shape index (κ1) is 23.5. The maximum Gasteiger partial charge on any atom is 0.490 e. The number of hydrogen-bond donors (Lipinski definition) is 1. The molecule has 3 heterocycles. The molecule has 32 heavy (non-hydrogen) atoms. The van der Waals surface area contributed by atoms with E-state index >= 15 is 0 Å². The number of aromatic nitrogens is 3. The van der Waals surface area contributed by atoms with Crippen molar-refractivity contribution in [2.75, 3.05) is 13.2 Å². The second-order valence-corrected chi connectivity index (χ2v) is 7.04. The molecule has 0 radical (unpaired) electrons. The van der Waals surface area contributed by atoms with Gasteiger partial charge in [-0.25, -0.2) is 9.78 Å². The smallest absolute Gasteiger partial charge is 0.475 e. The van der Waals surface area contributed by atoms with Crippen LogP contribution in [0, 0.1) is 0 Å². The van der Waals surface area contributed by atoms with E-state index in [1.807, 2.05) is 23.1 Å². The average molecular weight is 454 g/mol. The van der Waals surface area contributed by atoms with Crippen LogP contribution in [0.15, 0.2) is 43.0 Å². The minimum absolute atomic E-state index is 0.0236. The fraction of sp³-hybridized carbons (Fsp3) is 0.450. The Labute approximate surface area is 181 Å². The molecule has 0 aromatic carbocycles. The maximum atomic E-state index is 12.7. The number of carbonyl (C=O) groups excluding carboxylic acids is 1. The van der Waals surface area contributed by atoms with Gasteiger partial charge in [-0.05, 0) is 25.0 Å². The summed E-state index contributed by atoms with van der Waals surface area (Å²) in [6.45, 7) is 1.54. The molecule has 0 spiro atoms. The lowest BCUT2D eigenvalue weighted by molar-refractivity contribution is -0.192. The normalized spacial score (nSPS) is 22.5. The van der Waals surface area contributed by atoms with Crippen LogP contribution in [0.25, 0.3) is 0 Å². The topological polar surface area (TPSA) is 115 Å². The molecular formula is C20H21F3N4O5. The third-order valence-corrected chi connectivity index (χ3v) is 4.99. The zero-order valence-corrected chi connectivity index (χ0v) is 16.8. The lowest BCUT2D eigenvalue weighted by Crippen LogP contribution is -2.54. The summed E-state index contributed by atoms with van der Waals surface area (Å²) in [5.41, 5.74) is 1.27. The summed E-state index contributed by atoms with van der Waals surface area (Å²) in [4.78, 5) is 35.9. The van der Waals surface area contributed by atoms with Crippen molar-refractivity contribution in [2.45, 2.75) is 43.9 Å². The third kappa shape index (κ3) is 5.98. The van der Waals surface area contributed by atoms with E-state index in [2.05, 4.69) is 15.0 Å². The minimum Gasteiger partial charge on any atom is -0.475 e. The third-order valence-electron chi connectivity index (χ3n) is 4.99. The molecule has 0 unspecified atom stereocenters. The number of nitrogens with zero attached hydrogens (tertiary/aromatic N) is 4. The van der Waals surface area contributed by atoms with Gasteiger partial charge in [0.05, 0.1) is 37.3 Å². The van der Waals surface area contributed by atoms with Gasteiger partial charge in [0.2, 0.25) is 0 Å². The molecule has 2 fully saturated rings. The zero-order valence-electron chi connectivity index (χ0n) is 16.8. The zero-order chi connectivity index (χ0) is 23.1. The fourth-order valence-electron chi connectivity index (χ4n) is 3.58. The number of alkyl halides is 3. The van der Waals surface area contributed by atoms with Crippen LogP contribution in [0.3, 0.4) is 0 Å². The summed E-state index contributed by atoms with van der Waals surface area (Å²) in [7, 11) is 0. The van der Waals surface area contributed by atoms with Crippen LogP contribution in [0.5, 0.6) is 0 Å². The summed E-state index contributed by atoms with van der Waals surface area (Å²) in [6, 6.07) is 5.80. The lowest BCUT2D eigenvalue weighted by atomic mass is 10.1. The molecule has 0 bridgehead atoms. The van der Waals surface area contributed by atoms with Gasteiger partial charge in [0.1, 0.15) is 11.8 Å². The fourth-order valence-corrected chi connectivity index (χ4v) is 3.58. The molecular weight excluding hydrogens is 433 g/mol. The van der Waals surface area contributed by atoms with Crippen molar-refractivity contribution < 1.29 is 37.3 Å². The van der Waals surface area contributed by atoms with Crippen molar-refractivity contribution >= 4 is 11.9 Å². The number of fused-ring (bicyclic) bond motifs is 1. The predicted octanol–water partition coefficient (Wildman–Crippen LogP) is 2.09. The van der Waals surface area contributed by atoms with Crippen molar-refractivity contribution in [3.05, 3.63) is 54.4 Å². The Kier molecular flexibility index (Phi) is 7.70. The SMILES string of the molecule is O=C(O)C(F)(F)F.O=C(c1cnccn1)N1CCO[C@H]2[C@H](OCc3ccccn3)CC[C@@H]21. The Bertz CT molecular complexity index is 901. The highest BCUT2D eigenvalue weighted by Crippen LogP contribution is 2.33. The van der Waals surface area contributed by atoms with Crippen molar-refractivity contribution in [1.82, 2.24) is 19.9 Å². The predicted molar refractivity (Wildman–Crippen MR) is 102 cm³/mol. The number of carboxylic acid groups (broad SMARTS) is 1. The monoisotopic (exact) mass is 454 g/mol. The highest BCUT2D eigenvalue weighted by Gasteiger charge is 2.45. The number of pyridine rings is 1. The van der Waals surface area contributed by atoms with E-state index < -0.39 is 12.1 Å². The van der Waals surface area contributed by atoms with E-state index in [0.717, 1.165) is 18.5 Å². The summed E-state index contributed by atoms with van der Waals surface area (Å²) in [6.07, 6.45) is 2.90. The van der Waals surface area contributed by atoms with Crippen LogP contribution < -0.4 is 0 Å². The van der Waals surface area contributed by atoms with Crippen molar-refractivity contribution in [3.8, 4) is 0 Å². The molecule has 172 valence electrons. The van der Waals surface area contributed by atoms with Gasteiger partial charge in [-0.1, -0.05) is 6.07 Å². The van der Waals surface area contributed by atoms with Gasteiger partial charge in [0.25, 0.3) is 5.91 Å². The molecule has 12 heteroatoms. The van der Waals surface area contributed by atoms with Crippen molar-refractivity contribution in [3.63, 3.8) is 0 Å². The van der Waals surface area contributed by atoms with Gasteiger partial charge in [0, 0.05) is 25.1 Å². The quantitative estimate of drug-likeness (QED) is 0.747. The Morgan fingerprint density at radius 3 is 2.59 bits per heavy atom. The molecule has 2 aromatic rings. The molecule has 9 nitrogen and oxygen atoms in total. The minimum atomic E-state index is -5.08. The molecule has 2 aliphatic rings. The van der Waals surface area contributed by atoms with Crippen LogP contribution in [-0.2, 0) is 20.9 Å². The largest absolute Gasteiger partial charge is 0.490 e. The Morgan fingerprint density at radius 2 is 1.97 bits per heavy atom. The molecule has 1 saturated heterocycles. The molecule has 2 aromatic heterocycles. The average Bonchev–Trinajstić information content (AvgIpc) is 3.21. The molecule has 4 rings (SSSR count). The number of ether oxygens (including phenoxy) is 2. The highest BCUT2D eigenvalue weighted by atomic mass is 19.4. The molecule has 1 amide bonds. The standard InChI is InChI=1S/C18H20N4O3.C2HF3O2/c23-18(14-11-19-7-8-21-14)22-9-10-24-17-15(22)4-5-16(17)25-12-13-3-1-2-6-20-13;3-2(4,5)1(6)7/h1-3,6-8,11,15-17H,4-5,9-10,12H2;(H,6,7)/t15-,16+,17+;/m0./s1. The van der Waals surface area contributed by atoms with Gasteiger partial charge in [0.15, 0.2) is 0 Å². The van der Waals surface area contributed by atoms with Crippen molar-refractivity contribution in [2.24, 2.45) is 0 Å². The van der Waals surface area contributed by atoms with Crippen LogP contribution in [0.1, 0.15) is 29.0 Å². The molecule has 3 atom stereocenters. The van der Waals surface area contributed by atoms with E-state index in [1.54, 1.807) is 18.6 Å². The van der Waals surface area contributed by atoms with Gasteiger partial charge in [-0.3, -0.25) is 14.8 Å². The number of rotatable bonds is 4. The maximum absolute atomic E-state index is 12.7. The Hall–Kier alpha value is -3.12. The second-order valence-electron chi connectivity index (χ2n) is 7.04. The van der Waals surface area contributed by atoms with Crippen LogP contribution in [-0.4, -0.2) is 74.4 Å². The first-order valence-electron chi connectivity index (χ1n) is 9.77. The van der Waals surface area contributed by atoms with E-state index in [-0.39, 0.29) is 24.2 Å². The number of aliphatic carboxylic acids is 1. The van der Waals surface area contributed by atoms with Crippen LogP contribution in [0.4, 0.5) is 13.2 Å². The van der Waals surface area contributed by atoms with Gasteiger partial charge in [-0.2, -0.15) is 13.2 Å². The number of amides is 1. The van der Waals surface area contributed by atoms with E-state index in [9.17, 15) is 18.0 Å². The highest BCUT2D eigenvalue weighted by molar-refractivity contribution is 5.92. The van der Waals surface area contributed by atoms with Gasteiger partial charge >= 0.3 is 12.1 Å². The Balaban J connectivity index is 0.000000360. The number of halogens is 3. The second kappa shape index (κ2) is 10.5. The molecule has 1 N–H and O–H groups in total. The molecule has 1 saturated carbocycles. The summed E-state index contributed by atoms with van der Waals surface area (Å²) < 4.78 is 43.7. The summed E-state index contributed by atoms with van der Waals surface area (Å²) in [5, 5.41) is 7.12. The first-order valence-corrected chi connectivity index (χ1v) is 9.77. The van der Waals surface area contributed by atoms with E-state index in [1.165, 1.54) is 6.20 Å². The van der Waals surface area contributed by atoms with Crippen LogP contribution in [0.2, 0.25) is 0 Å². The number of hydrogen-bond acceptors (Lipinski definition) is 7. The van der Waals surface area contributed by atoms with Crippen molar-refractivity contribution in [1.29, 1.82) is 0 Å². The number of morpholine rings is 1.